The Morgan fingerprint density at radius 1 is 1.00 bits per heavy atom. The summed E-state index contributed by atoms with van der Waals surface area (Å²) in [6.45, 7) is 0. The number of rotatable bonds is 4. The van der Waals surface area contributed by atoms with Crippen molar-refractivity contribution in [3.05, 3.63) is 69.0 Å². The zero-order chi connectivity index (χ0) is 20.8. The van der Waals surface area contributed by atoms with Crippen molar-refractivity contribution in [2.24, 2.45) is 0 Å². The molecule has 1 fully saturated rings. The molecule has 0 saturated heterocycles. The van der Waals surface area contributed by atoms with Gasteiger partial charge in [0.2, 0.25) is 0 Å². The SMILES string of the molecule is O=C1c2ccccc2C(=O)N1CSc1nc2cc(Cl)ccc2c(=O)n1C1CCCC1. The highest BCUT2D eigenvalue weighted by molar-refractivity contribution is 7.99. The Morgan fingerprint density at radius 2 is 1.67 bits per heavy atom. The Balaban J connectivity index is 1.52. The lowest BCUT2D eigenvalue weighted by Crippen LogP contribution is -2.31. The fourth-order valence-corrected chi connectivity index (χ4v) is 5.40. The van der Waals surface area contributed by atoms with Crippen molar-refractivity contribution in [2.75, 3.05) is 5.88 Å². The molecule has 2 aromatic carbocycles. The average molecular weight is 440 g/mol. The fourth-order valence-electron chi connectivity index (χ4n) is 4.22. The summed E-state index contributed by atoms with van der Waals surface area (Å²) in [5, 5.41) is 1.54. The second kappa shape index (κ2) is 7.56. The van der Waals surface area contributed by atoms with E-state index in [0.29, 0.717) is 32.2 Å². The summed E-state index contributed by atoms with van der Waals surface area (Å²) in [7, 11) is 0. The number of halogens is 1. The maximum atomic E-state index is 13.3. The van der Waals surface area contributed by atoms with Crippen LogP contribution in [0.2, 0.25) is 5.02 Å². The van der Waals surface area contributed by atoms with Gasteiger partial charge in [-0.15, -0.1) is 0 Å². The molecule has 5 rings (SSSR count). The second-order valence-electron chi connectivity index (χ2n) is 7.53. The van der Waals surface area contributed by atoms with Crippen LogP contribution in [0.15, 0.2) is 52.4 Å². The van der Waals surface area contributed by atoms with Crippen molar-refractivity contribution < 1.29 is 9.59 Å². The number of imide groups is 1. The van der Waals surface area contributed by atoms with E-state index in [4.69, 9.17) is 16.6 Å². The summed E-state index contributed by atoms with van der Waals surface area (Å²) in [4.78, 5) is 44.5. The molecule has 2 heterocycles. The minimum Gasteiger partial charge on any atom is -0.284 e. The first kappa shape index (κ1) is 19.3. The lowest BCUT2D eigenvalue weighted by atomic mass is 10.1. The Kier molecular flexibility index (Phi) is 4.87. The molecule has 2 amide bonds. The zero-order valence-corrected chi connectivity index (χ0v) is 17.6. The van der Waals surface area contributed by atoms with Crippen molar-refractivity contribution in [1.82, 2.24) is 14.5 Å². The van der Waals surface area contributed by atoms with Crippen molar-refractivity contribution in [1.29, 1.82) is 0 Å². The molecule has 30 heavy (non-hydrogen) atoms. The number of fused-ring (bicyclic) bond motifs is 2. The Bertz CT molecular complexity index is 1220. The van der Waals surface area contributed by atoms with Crippen molar-refractivity contribution in [2.45, 2.75) is 36.9 Å². The van der Waals surface area contributed by atoms with Crippen LogP contribution in [0.3, 0.4) is 0 Å². The van der Waals surface area contributed by atoms with Gasteiger partial charge in [0.15, 0.2) is 5.16 Å². The summed E-state index contributed by atoms with van der Waals surface area (Å²) < 4.78 is 1.74. The van der Waals surface area contributed by atoms with E-state index in [1.807, 2.05) is 0 Å². The monoisotopic (exact) mass is 439 g/mol. The molecule has 1 aromatic heterocycles. The Hall–Kier alpha value is -2.64. The number of carbonyl (C=O) groups is 2. The molecule has 1 aliphatic carbocycles. The van der Waals surface area contributed by atoms with Gasteiger partial charge >= 0.3 is 0 Å². The molecule has 0 spiro atoms. The molecule has 152 valence electrons. The number of nitrogens with zero attached hydrogens (tertiary/aromatic N) is 3. The van der Waals surface area contributed by atoms with Gasteiger partial charge < -0.3 is 0 Å². The van der Waals surface area contributed by atoms with Gasteiger partial charge in [0.1, 0.15) is 0 Å². The number of aromatic nitrogens is 2. The first-order valence-electron chi connectivity index (χ1n) is 9.84. The lowest BCUT2D eigenvalue weighted by Gasteiger charge is -2.20. The third kappa shape index (κ3) is 3.13. The predicted octanol–water partition coefficient (Wildman–Crippen LogP) is 4.51. The Labute approximate surface area is 181 Å². The van der Waals surface area contributed by atoms with Gasteiger partial charge in [0, 0.05) is 11.1 Å². The van der Waals surface area contributed by atoms with Crippen LogP contribution in [-0.2, 0) is 0 Å². The van der Waals surface area contributed by atoms with E-state index in [2.05, 4.69) is 0 Å². The van der Waals surface area contributed by atoms with Crippen LogP contribution in [0.1, 0.15) is 52.4 Å². The number of hydrogen-bond acceptors (Lipinski definition) is 5. The highest BCUT2D eigenvalue weighted by Gasteiger charge is 2.35. The topological polar surface area (TPSA) is 72.3 Å². The average Bonchev–Trinajstić information content (AvgIpc) is 3.35. The van der Waals surface area contributed by atoms with Crippen molar-refractivity contribution in [3.8, 4) is 0 Å². The molecule has 0 atom stereocenters. The molecule has 6 nitrogen and oxygen atoms in total. The highest BCUT2D eigenvalue weighted by Crippen LogP contribution is 2.33. The first-order valence-corrected chi connectivity index (χ1v) is 11.2. The van der Waals surface area contributed by atoms with Crippen LogP contribution in [0.4, 0.5) is 0 Å². The molecule has 1 saturated carbocycles. The number of benzene rings is 2. The summed E-state index contributed by atoms with van der Waals surface area (Å²) in [6.07, 6.45) is 3.97. The van der Waals surface area contributed by atoms with E-state index in [1.54, 1.807) is 47.0 Å². The lowest BCUT2D eigenvalue weighted by molar-refractivity contribution is 0.0684. The van der Waals surface area contributed by atoms with E-state index in [9.17, 15) is 14.4 Å². The van der Waals surface area contributed by atoms with Gasteiger partial charge in [0.25, 0.3) is 17.4 Å². The summed E-state index contributed by atoms with van der Waals surface area (Å²) in [5.41, 5.74) is 1.24. The third-order valence-corrected chi connectivity index (χ3v) is 6.89. The zero-order valence-electron chi connectivity index (χ0n) is 16.0. The number of thioether (sulfide) groups is 1. The number of hydrogen-bond donors (Lipinski definition) is 0. The third-order valence-electron chi connectivity index (χ3n) is 5.72. The second-order valence-corrected chi connectivity index (χ2v) is 8.88. The quantitative estimate of drug-likeness (QED) is 0.339. The fraction of sp³-hybridized carbons (Fsp3) is 0.273. The van der Waals surface area contributed by atoms with Crippen LogP contribution in [0.25, 0.3) is 10.9 Å². The molecule has 0 unspecified atom stereocenters. The molecule has 2 aliphatic rings. The largest absolute Gasteiger partial charge is 0.284 e. The molecule has 1 aliphatic heterocycles. The van der Waals surface area contributed by atoms with Crippen LogP contribution >= 0.6 is 23.4 Å². The standard InChI is InChI=1S/C22H18ClN3O3S/c23-13-9-10-17-18(11-13)24-22(26(21(17)29)14-5-1-2-6-14)30-12-25-19(27)15-7-3-4-8-16(15)20(25)28/h3-4,7-11,14H,1-2,5-6,12H2. The molecule has 8 heteroatoms. The molecule has 0 radical (unpaired) electrons. The maximum Gasteiger partial charge on any atom is 0.262 e. The van der Waals surface area contributed by atoms with E-state index in [1.165, 1.54) is 16.7 Å². The van der Waals surface area contributed by atoms with Crippen molar-refractivity contribution in [3.63, 3.8) is 0 Å². The van der Waals surface area contributed by atoms with E-state index < -0.39 is 0 Å². The van der Waals surface area contributed by atoms with Gasteiger partial charge in [0.05, 0.1) is 27.9 Å². The van der Waals surface area contributed by atoms with Gasteiger partial charge in [-0.1, -0.05) is 48.3 Å². The minimum atomic E-state index is -0.318. The summed E-state index contributed by atoms with van der Waals surface area (Å²) in [5.74, 6) is -0.541. The molecular weight excluding hydrogens is 422 g/mol. The number of amides is 2. The van der Waals surface area contributed by atoms with E-state index in [-0.39, 0.29) is 29.3 Å². The van der Waals surface area contributed by atoms with Crippen molar-refractivity contribution >= 4 is 46.1 Å². The van der Waals surface area contributed by atoms with Crippen LogP contribution < -0.4 is 5.56 Å². The van der Waals surface area contributed by atoms with Gasteiger partial charge in [-0.3, -0.25) is 23.9 Å². The highest BCUT2D eigenvalue weighted by atomic mass is 35.5. The predicted molar refractivity (Wildman–Crippen MR) is 116 cm³/mol. The van der Waals surface area contributed by atoms with Crippen LogP contribution in [0.5, 0.6) is 0 Å². The first-order chi connectivity index (χ1) is 14.5. The van der Waals surface area contributed by atoms with E-state index in [0.717, 1.165) is 25.7 Å². The van der Waals surface area contributed by atoms with Crippen LogP contribution in [0, 0.1) is 0 Å². The minimum absolute atomic E-state index is 0.0785. The maximum absolute atomic E-state index is 13.3. The van der Waals surface area contributed by atoms with E-state index >= 15 is 0 Å². The summed E-state index contributed by atoms with van der Waals surface area (Å²) in [6, 6.07) is 11.9. The summed E-state index contributed by atoms with van der Waals surface area (Å²) >= 11 is 7.34. The normalized spacial score (nSPS) is 16.6. The number of carbonyl (C=O) groups excluding carboxylic acids is 2. The Morgan fingerprint density at radius 3 is 2.33 bits per heavy atom. The smallest absolute Gasteiger partial charge is 0.262 e. The van der Waals surface area contributed by atoms with Gasteiger partial charge in [-0.05, 0) is 43.2 Å². The molecular formula is C22H18ClN3O3S. The van der Waals surface area contributed by atoms with Gasteiger partial charge in [-0.25, -0.2) is 4.98 Å². The molecule has 0 N–H and O–H groups in total. The van der Waals surface area contributed by atoms with Crippen LogP contribution in [-0.4, -0.2) is 32.1 Å². The molecule has 0 bridgehead atoms. The van der Waals surface area contributed by atoms with Gasteiger partial charge in [-0.2, -0.15) is 0 Å². The molecule has 3 aromatic rings.